The number of piperidine rings is 1. The van der Waals surface area contributed by atoms with Gasteiger partial charge in [-0.05, 0) is 49.4 Å². The average molecular weight is 264 g/mol. The molecule has 106 valence electrons. The largest absolute Gasteiger partial charge is 0.371 e. The van der Waals surface area contributed by atoms with Gasteiger partial charge in [0.05, 0.1) is 0 Å². The van der Waals surface area contributed by atoms with E-state index in [1.54, 1.807) is 12.1 Å². The van der Waals surface area contributed by atoms with Crippen LogP contribution >= 0.6 is 0 Å². The van der Waals surface area contributed by atoms with Gasteiger partial charge in [0, 0.05) is 24.8 Å². The number of rotatable bonds is 4. The number of hydrogen-bond acceptors (Lipinski definition) is 2. The van der Waals surface area contributed by atoms with Crippen LogP contribution in [0.1, 0.15) is 51.1 Å². The lowest BCUT2D eigenvalue weighted by atomic mass is 9.91. The molecule has 3 heteroatoms. The Morgan fingerprint density at radius 3 is 2.63 bits per heavy atom. The molecule has 0 spiro atoms. The van der Waals surface area contributed by atoms with Crippen LogP contribution in [0.4, 0.5) is 10.1 Å². The van der Waals surface area contributed by atoms with Gasteiger partial charge in [-0.3, -0.25) is 0 Å². The first-order valence-corrected chi connectivity index (χ1v) is 7.41. The van der Waals surface area contributed by atoms with Gasteiger partial charge in [-0.2, -0.15) is 0 Å². The second-order valence-electron chi connectivity index (χ2n) is 5.71. The van der Waals surface area contributed by atoms with Gasteiger partial charge >= 0.3 is 0 Å². The summed E-state index contributed by atoms with van der Waals surface area (Å²) >= 11 is 0. The molecule has 2 N–H and O–H groups in total. The molecule has 1 aliphatic rings. The molecule has 0 radical (unpaired) electrons. The second-order valence-corrected chi connectivity index (χ2v) is 5.71. The van der Waals surface area contributed by atoms with Crippen LogP contribution in [-0.4, -0.2) is 13.1 Å². The number of nitrogens with zero attached hydrogens (tertiary/aromatic N) is 1. The predicted octanol–water partition coefficient (Wildman–Crippen LogP) is 3.86. The van der Waals surface area contributed by atoms with Crippen molar-refractivity contribution in [1.29, 1.82) is 0 Å². The number of anilines is 1. The van der Waals surface area contributed by atoms with E-state index in [-0.39, 0.29) is 11.9 Å². The van der Waals surface area contributed by atoms with Gasteiger partial charge in [0.2, 0.25) is 0 Å². The summed E-state index contributed by atoms with van der Waals surface area (Å²) in [5.74, 6) is 0.664. The summed E-state index contributed by atoms with van der Waals surface area (Å²) in [7, 11) is 0. The smallest absolute Gasteiger partial charge is 0.123 e. The first-order valence-electron chi connectivity index (χ1n) is 7.41. The Balaban J connectivity index is 2.11. The third kappa shape index (κ3) is 3.47. The van der Waals surface area contributed by atoms with E-state index < -0.39 is 0 Å². The molecule has 0 bridgehead atoms. The van der Waals surface area contributed by atoms with Crippen molar-refractivity contribution < 1.29 is 4.39 Å². The summed E-state index contributed by atoms with van der Waals surface area (Å²) in [5, 5.41) is 0. The number of nitrogens with two attached hydrogens (primary N) is 1. The van der Waals surface area contributed by atoms with E-state index in [9.17, 15) is 4.39 Å². The Kier molecular flexibility index (Phi) is 4.81. The molecule has 0 unspecified atom stereocenters. The molecule has 0 aliphatic carbocycles. The van der Waals surface area contributed by atoms with Crippen LogP contribution in [0.2, 0.25) is 0 Å². The molecule has 2 nitrogen and oxygen atoms in total. The van der Waals surface area contributed by atoms with Crippen molar-refractivity contribution in [2.24, 2.45) is 11.7 Å². The van der Waals surface area contributed by atoms with Crippen molar-refractivity contribution in [3.05, 3.63) is 29.6 Å². The zero-order valence-electron chi connectivity index (χ0n) is 12.0. The fourth-order valence-electron chi connectivity index (χ4n) is 3.05. The summed E-state index contributed by atoms with van der Waals surface area (Å²) in [6, 6.07) is 4.88. The van der Waals surface area contributed by atoms with Crippen LogP contribution in [0, 0.1) is 11.7 Å². The monoisotopic (exact) mass is 264 g/mol. The molecule has 1 aliphatic heterocycles. The van der Waals surface area contributed by atoms with Gasteiger partial charge in [-0.15, -0.1) is 0 Å². The third-order valence-electron chi connectivity index (χ3n) is 4.13. The van der Waals surface area contributed by atoms with Crippen LogP contribution in [0.25, 0.3) is 0 Å². The maximum atomic E-state index is 13.4. The second kappa shape index (κ2) is 6.38. The summed E-state index contributed by atoms with van der Waals surface area (Å²) in [5.41, 5.74) is 8.01. The van der Waals surface area contributed by atoms with Crippen LogP contribution < -0.4 is 10.6 Å². The van der Waals surface area contributed by atoms with Crippen molar-refractivity contribution in [2.45, 2.75) is 45.6 Å². The number of benzene rings is 1. The zero-order valence-corrected chi connectivity index (χ0v) is 12.0. The molecule has 19 heavy (non-hydrogen) atoms. The van der Waals surface area contributed by atoms with E-state index in [2.05, 4.69) is 11.8 Å². The van der Waals surface area contributed by atoms with E-state index in [4.69, 9.17) is 5.73 Å². The minimum atomic E-state index is -0.197. The first-order chi connectivity index (χ1) is 9.11. The molecular formula is C16H25FN2. The van der Waals surface area contributed by atoms with E-state index in [0.29, 0.717) is 0 Å². The fourth-order valence-corrected chi connectivity index (χ4v) is 3.05. The normalized spacial score (nSPS) is 18.6. The molecule has 2 rings (SSSR count). The highest BCUT2D eigenvalue weighted by Gasteiger charge is 2.21. The highest BCUT2D eigenvalue weighted by Crippen LogP contribution is 2.31. The van der Waals surface area contributed by atoms with Crippen molar-refractivity contribution in [2.75, 3.05) is 18.0 Å². The summed E-state index contributed by atoms with van der Waals surface area (Å²) in [4.78, 5) is 2.37. The van der Waals surface area contributed by atoms with Crippen molar-refractivity contribution in [3.63, 3.8) is 0 Å². The van der Waals surface area contributed by atoms with Gasteiger partial charge in [-0.25, -0.2) is 4.39 Å². The molecule has 0 aromatic heterocycles. The maximum Gasteiger partial charge on any atom is 0.123 e. The predicted molar refractivity (Wildman–Crippen MR) is 78.8 cm³/mol. The first kappa shape index (κ1) is 14.3. The van der Waals surface area contributed by atoms with Gasteiger partial charge in [0.1, 0.15) is 5.82 Å². The van der Waals surface area contributed by atoms with Crippen molar-refractivity contribution in [1.82, 2.24) is 0 Å². The molecule has 1 atom stereocenters. The Bertz CT molecular complexity index is 409. The topological polar surface area (TPSA) is 29.3 Å². The molecule has 1 saturated heterocycles. The van der Waals surface area contributed by atoms with E-state index in [1.165, 1.54) is 25.7 Å². The molecule has 1 fully saturated rings. The van der Waals surface area contributed by atoms with E-state index >= 15 is 0 Å². The Labute approximate surface area is 115 Å². The quantitative estimate of drug-likeness (QED) is 0.894. The minimum absolute atomic E-state index is 0.126. The van der Waals surface area contributed by atoms with Crippen LogP contribution in [-0.2, 0) is 0 Å². The Morgan fingerprint density at radius 1 is 1.37 bits per heavy atom. The maximum absolute atomic E-state index is 13.4. The fraction of sp³-hybridized carbons (Fsp3) is 0.625. The lowest BCUT2D eigenvalue weighted by Gasteiger charge is -2.35. The zero-order chi connectivity index (χ0) is 13.8. The lowest BCUT2D eigenvalue weighted by Crippen LogP contribution is -2.34. The van der Waals surface area contributed by atoms with Gasteiger partial charge in [0.25, 0.3) is 0 Å². The van der Waals surface area contributed by atoms with Gasteiger partial charge in [0.15, 0.2) is 0 Å². The summed E-state index contributed by atoms with van der Waals surface area (Å²) < 4.78 is 13.4. The summed E-state index contributed by atoms with van der Waals surface area (Å²) in [6.45, 7) is 6.30. The Hall–Kier alpha value is -1.09. The van der Waals surface area contributed by atoms with Crippen molar-refractivity contribution in [3.8, 4) is 0 Å². The molecule has 1 heterocycles. The van der Waals surface area contributed by atoms with Crippen molar-refractivity contribution >= 4 is 5.69 Å². The highest BCUT2D eigenvalue weighted by atomic mass is 19.1. The molecule has 0 saturated carbocycles. The van der Waals surface area contributed by atoms with Gasteiger partial charge in [-0.1, -0.05) is 19.8 Å². The Morgan fingerprint density at radius 2 is 2.05 bits per heavy atom. The molecule has 0 amide bonds. The van der Waals surface area contributed by atoms with Gasteiger partial charge < -0.3 is 10.6 Å². The highest BCUT2D eigenvalue weighted by molar-refractivity contribution is 5.55. The number of halogens is 1. The average Bonchev–Trinajstić information content (AvgIpc) is 2.40. The van der Waals surface area contributed by atoms with E-state index in [0.717, 1.165) is 30.3 Å². The SMILES string of the molecule is CCCC1CCN(c2ccc(F)cc2[C@@H](C)N)CC1. The third-order valence-corrected chi connectivity index (χ3v) is 4.13. The lowest BCUT2D eigenvalue weighted by molar-refractivity contribution is 0.378. The molecule has 1 aromatic rings. The summed E-state index contributed by atoms with van der Waals surface area (Å²) in [6.07, 6.45) is 5.08. The van der Waals surface area contributed by atoms with Crippen LogP contribution in [0.3, 0.4) is 0 Å². The number of hydrogen-bond donors (Lipinski definition) is 1. The molecular weight excluding hydrogens is 239 g/mol. The standard InChI is InChI=1S/C16H25FN2/c1-3-4-13-7-9-19(10-8-13)16-6-5-14(17)11-15(16)12(2)18/h5-6,11-13H,3-4,7-10,18H2,1-2H3/t12-/m1/s1. The molecule has 1 aromatic carbocycles. The van der Waals surface area contributed by atoms with E-state index in [1.807, 2.05) is 13.0 Å². The van der Waals surface area contributed by atoms with Crippen LogP contribution in [0.5, 0.6) is 0 Å². The van der Waals surface area contributed by atoms with Crippen LogP contribution in [0.15, 0.2) is 18.2 Å². The minimum Gasteiger partial charge on any atom is -0.371 e.